The van der Waals surface area contributed by atoms with Crippen LogP contribution in [0.3, 0.4) is 0 Å². The van der Waals surface area contributed by atoms with Crippen molar-refractivity contribution in [3.05, 3.63) is 12.7 Å². The van der Waals surface area contributed by atoms with E-state index in [1.165, 1.54) is 19.4 Å². The maximum atomic E-state index is 11.9. The summed E-state index contributed by atoms with van der Waals surface area (Å²) in [5.41, 5.74) is 0. The highest BCUT2D eigenvalue weighted by molar-refractivity contribution is 5.85. The standard InChI is InChI=1S/C15H27N3O.ClH/c1-3-8-16-15(19)12(2)18-9-6-14(7-10-18)17-11-13-4-5-13;/h3,12-14,17H,1,4-11H2,2H3,(H,16,19);1H. The molecule has 0 bridgehead atoms. The molecule has 2 fully saturated rings. The second-order valence-electron chi connectivity index (χ2n) is 5.87. The van der Waals surface area contributed by atoms with Gasteiger partial charge in [0, 0.05) is 25.7 Å². The Balaban J connectivity index is 0.00000200. The summed E-state index contributed by atoms with van der Waals surface area (Å²) in [6.45, 7) is 9.40. The lowest BCUT2D eigenvalue weighted by atomic mass is 10.0. The molecular weight excluding hydrogens is 274 g/mol. The van der Waals surface area contributed by atoms with Gasteiger partial charge in [0.1, 0.15) is 0 Å². The van der Waals surface area contributed by atoms with Gasteiger partial charge in [0.25, 0.3) is 0 Å². The van der Waals surface area contributed by atoms with Crippen molar-refractivity contribution < 1.29 is 4.79 Å². The molecule has 4 nitrogen and oxygen atoms in total. The van der Waals surface area contributed by atoms with E-state index in [4.69, 9.17) is 0 Å². The van der Waals surface area contributed by atoms with E-state index in [-0.39, 0.29) is 24.4 Å². The zero-order chi connectivity index (χ0) is 13.7. The molecule has 1 saturated heterocycles. The van der Waals surface area contributed by atoms with Crippen molar-refractivity contribution in [1.82, 2.24) is 15.5 Å². The average Bonchev–Trinajstić information content (AvgIpc) is 3.26. The van der Waals surface area contributed by atoms with E-state index in [0.717, 1.165) is 31.8 Å². The molecule has 20 heavy (non-hydrogen) atoms. The highest BCUT2D eigenvalue weighted by atomic mass is 35.5. The molecule has 5 heteroatoms. The first-order valence-corrected chi connectivity index (χ1v) is 7.56. The fourth-order valence-corrected chi connectivity index (χ4v) is 2.63. The zero-order valence-electron chi connectivity index (χ0n) is 12.4. The predicted molar refractivity (Wildman–Crippen MR) is 85.2 cm³/mol. The summed E-state index contributed by atoms with van der Waals surface area (Å²) in [4.78, 5) is 14.2. The summed E-state index contributed by atoms with van der Waals surface area (Å²) in [5, 5.41) is 6.54. The van der Waals surface area contributed by atoms with E-state index in [0.29, 0.717) is 12.6 Å². The third kappa shape index (κ3) is 5.43. The fourth-order valence-electron chi connectivity index (χ4n) is 2.63. The van der Waals surface area contributed by atoms with Crippen molar-refractivity contribution in [3.63, 3.8) is 0 Å². The number of hydrogen-bond donors (Lipinski definition) is 2. The number of carbonyl (C=O) groups is 1. The minimum absolute atomic E-state index is 0. The second-order valence-corrected chi connectivity index (χ2v) is 5.87. The Bertz CT molecular complexity index is 312. The number of rotatable bonds is 7. The molecule has 0 aromatic rings. The molecule has 1 heterocycles. The van der Waals surface area contributed by atoms with Crippen LogP contribution in [-0.4, -0.2) is 49.1 Å². The summed E-state index contributed by atoms with van der Waals surface area (Å²) in [7, 11) is 0. The molecule has 2 N–H and O–H groups in total. The molecule has 1 saturated carbocycles. The summed E-state index contributed by atoms with van der Waals surface area (Å²) in [5.74, 6) is 1.06. The van der Waals surface area contributed by atoms with Crippen LogP contribution < -0.4 is 10.6 Å². The molecule has 0 aromatic carbocycles. The average molecular weight is 302 g/mol. The van der Waals surface area contributed by atoms with Gasteiger partial charge in [-0.1, -0.05) is 6.08 Å². The molecule has 2 rings (SSSR count). The van der Waals surface area contributed by atoms with Crippen molar-refractivity contribution >= 4 is 18.3 Å². The van der Waals surface area contributed by atoms with Crippen molar-refractivity contribution in [3.8, 4) is 0 Å². The van der Waals surface area contributed by atoms with Gasteiger partial charge < -0.3 is 10.6 Å². The summed E-state index contributed by atoms with van der Waals surface area (Å²) < 4.78 is 0. The maximum Gasteiger partial charge on any atom is 0.237 e. The maximum absolute atomic E-state index is 11.9. The number of nitrogens with zero attached hydrogens (tertiary/aromatic N) is 1. The van der Waals surface area contributed by atoms with Crippen LogP contribution in [0, 0.1) is 5.92 Å². The van der Waals surface area contributed by atoms with Crippen LogP contribution in [0.1, 0.15) is 32.6 Å². The zero-order valence-corrected chi connectivity index (χ0v) is 13.3. The summed E-state index contributed by atoms with van der Waals surface area (Å²) in [6.07, 6.45) is 6.86. The topological polar surface area (TPSA) is 44.4 Å². The van der Waals surface area contributed by atoms with Crippen molar-refractivity contribution in [1.29, 1.82) is 0 Å². The number of amides is 1. The van der Waals surface area contributed by atoms with Gasteiger partial charge in [-0.2, -0.15) is 0 Å². The minimum atomic E-state index is -0.0238. The van der Waals surface area contributed by atoms with E-state index in [1.807, 2.05) is 6.92 Å². The Morgan fingerprint density at radius 1 is 1.35 bits per heavy atom. The first kappa shape index (κ1) is 17.5. The number of halogens is 1. The lowest BCUT2D eigenvalue weighted by Gasteiger charge is -2.35. The van der Waals surface area contributed by atoms with Crippen LogP contribution in [0.25, 0.3) is 0 Å². The van der Waals surface area contributed by atoms with Crippen LogP contribution in [-0.2, 0) is 4.79 Å². The Kier molecular flexibility index (Phi) is 7.56. The molecule has 1 aliphatic heterocycles. The lowest BCUT2D eigenvalue weighted by molar-refractivity contribution is -0.126. The molecule has 1 unspecified atom stereocenters. The summed E-state index contributed by atoms with van der Waals surface area (Å²) >= 11 is 0. The van der Waals surface area contributed by atoms with Crippen LogP contribution >= 0.6 is 12.4 Å². The van der Waals surface area contributed by atoms with Gasteiger partial charge in [0.15, 0.2) is 0 Å². The molecule has 0 spiro atoms. The largest absolute Gasteiger partial charge is 0.351 e. The molecule has 0 radical (unpaired) electrons. The van der Waals surface area contributed by atoms with E-state index in [2.05, 4.69) is 22.1 Å². The van der Waals surface area contributed by atoms with Crippen LogP contribution in [0.15, 0.2) is 12.7 Å². The van der Waals surface area contributed by atoms with Gasteiger partial charge >= 0.3 is 0 Å². The monoisotopic (exact) mass is 301 g/mol. The Morgan fingerprint density at radius 3 is 2.55 bits per heavy atom. The third-order valence-electron chi connectivity index (χ3n) is 4.27. The third-order valence-corrected chi connectivity index (χ3v) is 4.27. The van der Waals surface area contributed by atoms with Gasteiger partial charge in [-0.15, -0.1) is 19.0 Å². The number of hydrogen-bond acceptors (Lipinski definition) is 3. The Morgan fingerprint density at radius 2 is 2.00 bits per heavy atom. The number of carbonyl (C=O) groups excluding carboxylic acids is 1. The molecule has 1 atom stereocenters. The van der Waals surface area contributed by atoms with Gasteiger partial charge in [-0.05, 0) is 45.1 Å². The fraction of sp³-hybridized carbons (Fsp3) is 0.800. The normalized spacial score (nSPS) is 21.9. The van der Waals surface area contributed by atoms with Crippen molar-refractivity contribution in [2.45, 2.75) is 44.7 Å². The summed E-state index contributed by atoms with van der Waals surface area (Å²) in [6, 6.07) is 0.629. The highest BCUT2D eigenvalue weighted by Crippen LogP contribution is 2.28. The van der Waals surface area contributed by atoms with Gasteiger partial charge in [-0.25, -0.2) is 0 Å². The van der Waals surface area contributed by atoms with E-state index in [1.54, 1.807) is 6.08 Å². The first-order valence-electron chi connectivity index (χ1n) is 7.56. The number of piperidine rings is 1. The molecule has 1 amide bonds. The van der Waals surface area contributed by atoms with Crippen molar-refractivity contribution in [2.24, 2.45) is 5.92 Å². The van der Waals surface area contributed by atoms with E-state index in [9.17, 15) is 4.79 Å². The smallest absolute Gasteiger partial charge is 0.237 e. The number of nitrogens with one attached hydrogen (secondary N) is 2. The van der Waals surface area contributed by atoms with Gasteiger partial charge in [0.05, 0.1) is 6.04 Å². The van der Waals surface area contributed by atoms with Crippen LogP contribution in [0.2, 0.25) is 0 Å². The van der Waals surface area contributed by atoms with Gasteiger partial charge in [0.2, 0.25) is 5.91 Å². The van der Waals surface area contributed by atoms with E-state index < -0.39 is 0 Å². The van der Waals surface area contributed by atoms with Crippen LogP contribution in [0.4, 0.5) is 0 Å². The molecule has 0 aromatic heterocycles. The lowest BCUT2D eigenvalue weighted by Crippen LogP contribution is -2.51. The minimum Gasteiger partial charge on any atom is -0.351 e. The Hall–Kier alpha value is -0.580. The molecule has 1 aliphatic carbocycles. The van der Waals surface area contributed by atoms with Crippen LogP contribution in [0.5, 0.6) is 0 Å². The molecule has 2 aliphatic rings. The van der Waals surface area contributed by atoms with E-state index >= 15 is 0 Å². The molecule has 116 valence electrons. The quantitative estimate of drug-likeness (QED) is 0.702. The highest BCUT2D eigenvalue weighted by Gasteiger charge is 2.27. The first-order chi connectivity index (χ1) is 9.20. The number of likely N-dealkylation sites (tertiary alicyclic amines) is 1. The molecular formula is C15H28ClN3O. The second kappa shape index (κ2) is 8.65. The predicted octanol–water partition coefficient (Wildman–Crippen LogP) is 1.56. The Labute approximate surface area is 128 Å². The van der Waals surface area contributed by atoms with Gasteiger partial charge in [-0.3, -0.25) is 9.69 Å². The van der Waals surface area contributed by atoms with Crippen molar-refractivity contribution in [2.75, 3.05) is 26.2 Å². The SMILES string of the molecule is C=CCNC(=O)C(C)N1CCC(NCC2CC2)CC1.Cl.